The maximum atomic E-state index is 5.49. The van der Waals surface area contributed by atoms with Crippen molar-refractivity contribution < 1.29 is 4.42 Å². The van der Waals surface area contributed by atoms with Crippen LogP contribution in [0.3, 0.4) is 0 Å². The summed E-state index contributed by atoms with van der Waals surface area (Å²) in [4.78, 5) is 4.24. The Bertz CT molecular complexity index is 339. The van der Waals surface area contributed by atoms with E-state index < -0.39 is 0 Å². The van der Waals surface area contributed by atoms with Gasteiger partial charge in [0.05, 0.1) is 12.2 Å². The predicted octanol–water partition coefficient (Wildman–Crippen LogP) is 2.16. The van der Waals surface area contributed by atoms with E-state index in [0.717, 1.165) is 43.4 Å². The molecular formula is C13H25N3O. The Balaban J connectivity index is 2.11. The highest BCUT2D eigenvalue weighted by atomic mass is 16.4. The molecule has 0 amide bonds. The molecule has 0 aliphatic rings. The molecule has 0 saturated heterocycles. The van der Waals surface area contributed by atoms with Gasteiger partial charge in [-0.05, 0) is 47.2 Å². The largest absolute Gasteiger partial charge is 0.444 e. The van der Waals surface area contributed by atoms with E-state index in [2.05, 4.69) is 36.4 Å². The molecule has 0 atom stereocenters. The molecule has 0 aliphatic carbocycles. The molecule has 0 fully saturated rings. The minimum atomic E-state index is 0.207. The van der Waals surface area contributed by atoms with Crippen LogP contribution in [0.15, 0.2) is 4.42 Å². The van der Waals surface area contributed by atoms with Crippen molar-refractivity contribution in [2.24, 2.45) is 0 Å². The van der Waals surface area contributed by atoms with E-state index in [9.17, 15) is 0 Å². The zero-order valence-corrected chi connectivity index (χ0v) is 11.7. The van der Waals surface area contributed by atoms with E-state index in [0.29, 0.717) is 0 Å². The summed E-state index contributed by atoms with van der Waals surface area (Å²) in [7, 11) is 0. The second-order valence-electron chi connectivity index (χ2n) is 5.45. The SMILES string of the molecule is Cc1nc(C)c(CNCCCNC(C)(C)C)o1. The van der Waals surface area contributed by atoms with Gasteiger partial charge in [0.2, 0.25) is 0 Å². The molecule has 0 spiro atoms. The summed E-state index contributed by atoms with van der Waals surface area (Å²) in [5.74, 6) is 1.69. The summed E-state index contributed by atoms with van der Waals surface area (Å²) < 4.78 is 5.49. The summed E-state index contributed by atoms with van der Waals surface area (Å²) >= 11 is 0. The van der Waals surface area contributed by atoms with E-state index >= 15 is 0 Å². The maximum Gasteiger partial charge on any atom is 0.191 e. The normalized spacial score (nSPS) is 12.1. The van der Waals surface area contributed by atoms with Crippen molar-refractivity contribution in [1.82, 2.24) is 15.6 Å². The molecular weight excluding hydrogens is 214 g/mol. The highest BCUT2D eigenvalue weighted by Crippen LogP contribution is 2.08. The first-order chi connectivity index (χ1) is 7.88. The molecule has 4 heteroatoms. The second kappa shape index (κ2) is 6.17. The molecule has 1 aromatic rings. The van der Waals surface area contributed by atoms with Crippen molar-refractivity contribution >= 4 is 0 Å². The number of nitrogens with zero attached hydrogens (tertiary/aromatic N) is 1. The maximum absolute atomic E-state index is 5.49. The molecule has 2 N–H and O–H groups in total. The average molecular weight is 239 g/mol. The standard InChI is InChI=1S/C13H25N3O/c1-10-12(17-11(2)16-10)9-14-7-6-8-15-13(3,4)5/h14-15H,6-9H2,1-5H3. The fourth-order valence-corrected chi connectivity index (χ4v) is 1.62. The number of rotatable bonds is 6. The van der Waals surface area contributed by atoms with Crippen LogP contribution in [0.1, 0.15) is 44.5 Å². The molecule has 1 aromatic heterocycles. The monoisotopic (exact) mass is 239 g/mol. The first kappa shape index (κ1) is 14.2. The molecule has 17 heavy (non-hydrogen) atoms. The third-order valence-corrected chi connectivity index (χ3v) is 2.47. The molecule has 0 aromatic carbocycles. The van der Waals surface area contributed by atoms with Crippen LogP contribution in [0, 0.1) is 13.8 Å². The zero-order chi connectivity index (χ0) is 12.9. The lowest BCUT2D eigenvalue weighted by atomic mass is 10.1. The lowest BCUT2D eigenvalue weighted by molar-refractivity contribution is 0.412. The van der Waals surface area contributed by atoms with Crippen LogP contribution in [0.5, 0.6) is 0 Å². The first-order valence-corrected chi connectivity index (χ1v) is 6.27. The smallest absolute Gasteiger partial charge is 0.191 e. The zero-order valence-electron chi connectivity index (χ0n) is 11.7. The molecule has 0 saturated carbocycles. The second-order valence-corrected chi connectivity index (χ2v) is 5.45. The average Bonchev–Trinajstić information content (AvgIpc) is 2.49. The highest BCUT2D eigenvalue weighted by molar-refractivity contribution is 5.06. The Morgan fingerprint density at radius 1 is 1.18 bits per heavy atom. The summed E-state index contributed by atoms with van der Waals surface area (Å²) in [5, 5.41) is 6.83. The van der Waals surface area contributed by atoms with Gasteiger partial charge in [-0.3, -0.25) is 0 Å². The molecule has 0 radical (unpaired) electrons. The van der Waals surface area contributed by atoms with Gasteiger partial charge in [-0.1, -0.05) is 0 Å². The van der Waals surface area contributed by atoms with Crippen LogP contribution in [-0.4, -0.2) is 23.6 Å². The van der Waals surface area contributed by atoms with E-state index in [1.165, 1.54) is 0 Å². The van der Waals surface area contributed by atoms with Crippen LogP contribution in [0.25, 0.3) is 0 Å². The lowest BCUT2D eigenvalue weighted by Gasteiger charge is -2.20. The number of oxazole rings is 1. The molecule has 0 unspecified atom stereocenters. The van der Waals surface area contributed by atoms with Crippen molar-refractivity contribution in [2.45, 2.75) is 53.1 Å². The molecule has 0 bridgehead atoms. The van der Waals surface area contributed by atoms with Crippen LogP contribution in [-0.2, 0) is 6.54 Å². The van der Waals surface area contributed by atoms with Crippen LogP contribution in [0.4, 0.5) is 0 Å². The number of hydrogen-bond donors (Lipinski definition) is 2. The van der Waals surface area contributed by atoms with E-state index in [1.54, 1.807) is 0 Å². The summed E-state index contributed by atoms with van der Waals surface area (Å²) in [6.07, 6.45) is 1.11. The number of hydrogen-bond acceptors (Lipinski definition) is 4. The third kappa shape index (κ3) is 5.84. The fourth-order valence-electron chi connectivity index (χ4n) is 1.62. The summed E-state index contributed by atoms with van der Waals surface area (Å²) in [6.45, 7) is 13.2. The van der Waals surface area contributed by atoms with Crippen LogP contribution >= 0.6 is 0 Å². The molecule has 1 heterocycles. The lowest BCUT2D eigenvalue weighted by Crippen LogP contribution is -2.37. The Labute approximate surface area is 104 Å². The predicted molar refractivity (Wildman–Crippen MR) is 70.1 cm³/mol. The van der Waals surface area contributed by atoms with Gasteiger partial charge in [-0.2, -0.15) is 0 Å². The Morgan fingerprint density at radius 3 is 2.41 bits per heavy atom. The Morgan fingerprint density at radius 2 is 1.88 bits per heavy atom. The third-order valence-electron chi connectivity index (χ3n) is 2.47. The van der Waals surface area contributed by atoms with Crippen LogP contribution < -0.4 is 10.6 Å². The number of aromatic nitrogens is 1. The minimum Gasteiger partial charge on any atom is -0.444 e. The topological polar surface area (TPSA) is 50.1 Å². The van der Waals surface area contributed by atoms with Gasteiger partial charge in [-0.25, -0.2) is 4.98 Å². The minimum absolute atomic E-state index is 0.207. The van der Waals surface area contributed by atoms with Crippen LogP contribution in [0.2, 0.25) is 0 Å². The van der Waals surface area contributed by atoms with E-state index in [1.807, 2.05) is 13.8 Å². The van der Waals surface area contributed by atoms with Crippen molar-refractivity contribution in [3.8, 4) is 0 Å². The van der Waals surface area contributed by atoms with Gasteiger partial charge >= 0.3 is 0 Å². The first-order valence-electron chi connectivity index (χ1n) is 6.27. The fraction of sp³-hybridized carbons (Fsp3) is 0.769. The van der Waals surface area contributed by atoms with Gasteiger partial charge in [-0.15, -0.1) is 0 Å². The van der Waals surface area contributed by atoms with Crippen molar-refractivity contribution in [1.29, 1.82) is 0 Å². The number of nitrogens with one attached hydrogen (secondary N) is 2. The Hall–Kier alpha value is -0.870. The molecule has 1 rings (SSSR count). The van der Waals surface area contributed by atoms with Gasteiger partial charge in [0, 0.05) is 12.5 Å². The van der Waals surface area contributed by atoms with Gasteiger partial charge in [0.25, 0.3) is 0 Å². The molecule has 0 aliphatic heterocycles. The highest BCUT2D eigenvalue weighted by Gasteiger charge is 2.07. The quantitative estimate of drug-likeness (QED) is 0.747. The summed E-state index contributed by atoms with van der Waals surface area (Å²) in [6, 6.07) is 0. The van der Waals surface area contributed by atoms with Crippen molar-refractivity contribution in [3.63, 3.8) is 0 Å². The summed E-state index contributed by atoms with van der Waals surface area (Å²) in [5.41, 5.74) is 1.20. The van der Waals surface area contributed by atoms with Gasteiger partial charge in [0.15, 0.2) is 5.89 Å². The number of aryl methyl sites for hydroxylation is 2. The van der Waals surface area contributed by atoms with E-state index in [-0.39, 0.29) is 5.54 Å². The van der Waals surface area contributed by atoms with Gasteiger partial charge < -0.3 is 15.1 Å². The van der Waals surface area contributed by atoms with Crippen molar-refractivity contribution in [2.75, 3.05) is 13.1 Å². The molecule has 4 nitrogen and oxygen atoms in total. The van der Waals surface area contributed by atoms with Gasteiger partial charge in [0.1, 0.15) is 5.76 Å². The molecule has 98 valence electrons. The Kier molecular flexibility index (Phi) is 5.15. The van der Waals surface area contributed by atoms with E-state index in [4.69, 9.17) is 4.42 Å². The van der Waals surface area contributed by atoms with Crippen molar-refractivity contribution in [3.05, 3.63) is 17.3 Å².